The normalized spacial score (nSPS) is 20.2. The maximum atomic E-state index is 12.4. The number of amides is 1. The fourth-order valence-corrected chi connectivity index (χ4v) is 3.22. The maximum Gasteiger partial charge on any atom is 0.267 e. The number of oxime groups is 1. The molecular weight excluding hydrogens is 312 g/mol. The number of nitrogens with one attached hydrogen (secondary N) is 1. The van der Waals surface area contributed by atoms with Crippen LogP contribution in [0.4, 0.5) is 0 Å². The summed E-state index contributed by atoms with van der Waals surface area (Å²) in [5.74, 6) is 0.867. The van der Waals surface area contributed by atoms with E-state index < -0.39 is 5.60 Å². The molecule has 7 heteroatoms. The van der Waals surface area contributed by atoms with Gasteiger partial charge in [0.05, 0.1) is 4.88 Å². The first-order chi connectivity index (χ1) is 11.1. The van der Waals surface area contributed by atoms with Gasteiger partial charge in [-0.1, -0.05) is 11.2 Å². The number of carbonyl (C=O) groups is 1. The van der Waals surface area contributed by atoms with Crippen molar-refractivity contribution in [3.8, 4) is 0 Å². The van der Waals surface area contributed by atoms with Crippen molar-refractivity contribution in [1.82, 2.24) is 14.9 Å². The van der Waals surface area contributed by atoms with Gasteiger partial charge in [0, 0.05) is 31.9 Å². The molecule has 23 heavy (non-hydrogen) atoms. The first kappa shape index (κ1) is 15.7. The van der Waals surface area contributed by atoms with E-state index >= 15 is 0 Å². The highest BCUT2D eigenvalue weighted by Gasteiger charge is 2.42. The lowest BCUT2D eigenvalue weighted by Gasteiger charge is -2.20. The lowest BCUT2D eigenvalue weighted by atomic mass is 9.98. The van der Waals surface area contributed by atoms with Crippen LogP contribution in [0.1, 0.15) is 30.5 Å². The number of carbonyl (C=O) groups excluding carboxylic acids is 1. The molecule has 6 nitrogen and oxygen atoms in total. The molecule has 3 heterocycles. The number of thiophene rings is 1. The Morgan fingerprint density at radius 1 is 1.57 bits per heavy atom. The molecule has 0 bridgehead atoms. The molecule has 2 aromatic heterocycles. The van der Waals surface area contributed by atoms with E-state index in [1.165, 1.54) is 0 Å². The number of rotatable bonds is 6. The molecule has 1 aliphatic heterocycles. The topological polar surface area (TPSA) is 68.5 Å². The van der Waals surface area contributed by atoms with Gasteiger partial charge in [-0.15, -0.1) is 11.3 Å². The van der Waals surface area contributed by atoms with E-state index in [2.05, 4.69) is 20.0 Å². The molecule has 0 radical (unpaired) electrons. The molecule has 1 N–H and O–H groups in total. The quantitative estimate of drug-likeness (QED) is 0.826. The third-order valence-electron chi connectivity index (χ3n) is 3.93. The Morgan fingerprint density at radius 3 is 3.13 bits per heavy atom. The summed E-state index contributed by atoms with van der Waals surface area (Å²) in [5.41, 5.74) is -0.0729. The van der Waals surface area contributed by atoms with Crippen molar-refractivity contribution in [3.63, 3.8) is 0 Å². The lowest BCUT2D eigenvalue weighted by Crippen LogP contribution is -2.45. The summed E-state index contributed by atoms with van der Waals surface area (Å²) < 4.78 is 2.07. The number of imidazole rings is 1. The van der Waals surface area contributed by atoms with Gasteiger partial charge in [-0.3, -0.25) is 4.79 Å². The van der Waals surface area contributed by atoms with Gasteiger partial charge >= 0.3 is 0 Å². The number of hydrogen-bond donors (Lipinski definition) is 1. The van der Waals surface area contributed by atoms with Gasteiger partial charge < -0.3 is 14.7 Å². The fraction of sp³-hybridized carbons (Fsp3) is 0.438. The molecule has 0 saturated carbocycles. The second-order valence-electron chi connectivity index (χ2n) is 5.79. The summed E-state index contributed by atoms with van der Waals surface area (Å²) in [7, 11) is 0. The van der Waals surface area contributed by atoms with Crippen LogP contribution in [0, 0.1) is 6.92 Å². The Balaban J connectivity index is 1.46. The Hall–Kier alpha value is -2.15. The Bertz CT molecular complexity index is 707. The second kappa shape index (κ2) is 6.54. The SMILES string of the molecule is Cc1nccn1CCCNC(=O)C1(C)CC(c2cccs2)=NO1. The van der Waals surface area contributed by atoms with Crippen molar-refractivity contribution in [2.24, 2.45) is 5.16 Å². The second-order valence-corrected chi connectivity index (χ2v) is 6.74. The van der Waals surface area contributed by atoms with Crippen LogP contribution in [-0.4, -0.2) is 33.3 Å². The number of aryl methyl sites for hydroxylation is 2. The van der Waals surface area contributed by atoms with Crippen LogP contribution >= 0.6 is 11.3 Å². The van der Waals surface area contributed by atoms with E-state index in [1.54, 1.807) is 24.5 Å². The molecule has 1 amide bonds. The zero-order valence-corrected chi connectivity index (χ0v) is 14.1. The molecule has 0 aliphatic carbocycles. The van der Waals surface area contributed by atoms with Crippen molar-refractivity contribution in [3.05, 3.63) is 40.6 Å². The minimum atomic E-state index is -0.912. The average Bonchev–Trinajstić information content (AvgIpc) is 3.25. The van der Waals surface area contributed by atoms with Crippen LogP contribution in [0.2, 0.25) is 0 Å². The first-order valence-electron chi connectivity index (χ1n) is 7.63. The molecule has 1 aliphatic rings. The molecule has 0 fully saturated rings. The summed E-state index contributed by atoms with van der Waals surface area (Å²) in [5, 5.41) is 9.02. The third-order valence-corrected chi connectivity index (χ3v) is 4.85. The number of hydrogen-bond acceptors (Lipinski definition) is 5. The highest BCUT2D eigenvalue weighted by molar-refractivity contribution is 7.12. The summed E-state index contributed by atoms with van der Waals surface area (Å²) in [6.45, 7) is 5.19. The zero-order chi connectivity index (χ0) is 16.3. The summed E-state index contributed by atoms with van der Waals surface area (Å²) >= 11 is 1.60. The average molecular weight is 332 g/mol. The van der Waals surface area contributed by atoms with E-state index in [9.17, 15) is 4.79 Å². The van der Waals surface area contributed by atoms with Crippen molar-refractivity contribution in [2.45, 2.75) is 38.8 Å². The summed E-state index contributed by atoms with van der Waals surface area (Å²) in [6, 6.07) is 3.96. The van der Waals surface area contributed by atoms with Gasteiger partial charge in [-0.25, -0.2) is 4.98 Å². The van der Waals surface area contributed by atoms with Crippen LogP contribution < -0.4 is 5.32 Å². The van der Waals surface area contributed by atoms with Crippen LogP contribution in [0.25, 0.3) is 0 Å². The predicted molar refractivity (Wildman–Crippen MR) is 89.6 cm³/mol. The van der Waals surface area contributed by atoms with Crippen LogP contribution in [0.15, 0.2) is 35.1 Å². The molecule has 0 saturated heterocycles. The van der Waals surface area contributed by atoms with Crippen LogP contribution in [-0.2, 0) is 16.2 Å². The van der Waals surface area contributed by atoms with Gasteiger partial charge in [0.1, 0.15) is 11.5 Å². The largest absolute Gasteiger partial charge is 0.379 e. The Morgan fingerprint density at radius 2 is 2.43 bits per heavy atom. The maximum absolute atomic E-state index is 12.4. The summed E-state index contributed by atoms with van der Waals surface area (Å²) in [4.78, 5) is 23.0. The Labute approximate surface area is 139 Å². The van der Waals surface area contributed by atoms with Crippen molar-refractivity contribution >= 4 is 23.0 Å². The van der Waals surface area contributed by atoms with E-state index in [-0.39, 0.29) is 5.91 Å². The standard InChI is InChI=1S/C16H20N4O2S/c1-12-17-7-9-20(12)8-4-6-18-15(21)16(2)11-13(19-22-16)14-5-3-10-23-14/h3,5,7,9-10H,4,6,8,11H2,1-2H3,(H,18,21). The van der Waals surface area contributed by atoms with E-state index in [0.29, 0.717) is 13.0 Å². The molecule has 122 valence electrons. The minimum absolute atomic E-state index is 0.116. The molecule has 0 aromatic carbocycles. The lowest BCUT2D eigenvalue weighted by molar-refractivity contribution is -0.141. The van der Waals surface area contributed by atoms with Gasteiger partial charge in [0.15, 0.2) is 0 Å². The monoisotopic (exact) mass is 332 g/mol. The first-order valence-corrected chi connectivity index (χ1v) is 8.51. The number of aromatic nitrogens is 2. The van der Waals surface area contributed by atoms with Gasteiger partial charge in [0.2, 0.25) is 5.60 Å². The van der Waals surface area contributed by atoms with Crippen molar-refractivity contribution in [2.75, 3.05) is 6.54 Å². The van der Waals surface area contributed by atoms with Gasteiger partial charge in [-0.05, 0) is 31.7 Å². The number of nitrogens with zero attached hydrogens (tertiary/aromatic N) is 3. The van der Waals surface area contributed by atoms with E-state index in [1.807, 2.05) is 30.6 Å². The predicted octanol–water partition coefficient (Wildman–Crippen LogP) is 2.34. The zero-order valence-electron chi connectivity index (χ0n) is 13.3. The summed E-state index contributed by atoms with van der Waals surface area (Å²) in [6.07, 6.45) is 5.07. The molecule has 2 aromatic rings. The molecule has 0 spiro atoms. The van der Waals surface area contributed by atoms with Crippen LogP contribution in [0.5, 0.6) is 0 Å². The van der Waals surface area contributed by atoms with Crippen LogP contribution in [0.3, 0.4) is 0 Å². The van der Waals surface area contributed by atoms with E-state index in [0.717, 1.165) is 29.4 Å². The van der Waals surface area contributed by atoms with Gasteiger partial charge in [-0.2, -0.15) is 0 Å². The molecular formula is C16H20N4O2S. The van der Waals surface area contributed by atoms with Crippen molar-refractivity contribution < 1.29 is 9.63 Å². The molecule has 3 rings (SSSR count). The third kappa shape index (κ3) is 3.44. The highest BCUT2D eigenvalue weighted by Crippen LogP contribution is 2.28. The van der Waals surface area contributed by atoms with Crippen molar-refractivity contribution in [1.29, 1.82) is 0 Å². The smallest absolute Gasteiger partial charge is 0.267 e. The fourth-order valence-electron chi connectivity index (χ4n) is 2.51. The minimum Gasteiger partial charge on any atom is -0.379 e. The van der Waals surface area contributed by atoms with Gasteiger partial charge in [0.25, 0.3) is 5.91 Å². The molecule has 1 unspecified atom stereocenters. The Kier molecular flexibility index (Phi) is 4.47. The molecule has 1 atom stereocenters. The van der Waals surface area contributed by atoms with E-state index in [4.69, 9.17) is 4.84 Å². The highest BCUT2D eigenvalue weighted by atomic mass is 32.1.